The minimum atomic E-state index is 0.0793. The van der Waals surface area contributed by atoms with Gasteiger partial charge in [-0.15, -0.1) is 16.8 Å². The highest BCUT2D eigenvalue weighted by molar-refractivity contribution is 7.99. The van der Waals surface area contributed by atoms with Gasteiger partial charge in [0.2, 0.25) is 5.91 Å². The number of fused-ring (bicyclic) bond motifs is 1. The number of allylic oxidation sites excluding steroid dienone is 1. The van der Waals surface area contributed by atoms with Crippen LogP contribution < -0.4 is 5.32 Å². The van der Waals surface area contributed by atoms with E-state index in [9.17, 15) is 4.79 Å². The third-order valence-electron chi connectivity index (χ3n) is 5.64. The summed E-state index contributed by atoms with van der Waals surface area (Å²) < 4.78 is 2.06. The first-order chi connectivity index (χ1) is 14.7. The van der Waals surface area contributed by atoms with Crippen LogP contribution >= 0.6 is 11.8 Å². The lowest BCUT2D eigenvalue weighted by Crippen LogP contribution is -2.37. The zero-order valence-electron chi connectivity index (χ0n) is 17.2. The van der Waals surface area contributed by atoms with Crippen molar-refractivity contribution < 1.29 is 4.79 Å². The zero-order chi connectivity index (χ0) is 20.8. The first-order valence-electron chi connectivity index (χ1n) is 10.7. The summed E-state index contributed by atoms with van der Waals surface area (Å²) in [5.41, 5.74) is 1.22. The van der Waals surface area contributed by atoms with Crippen LogP contribution in [-0.4, -0.2) is 32.5 Å². The molecule has 2 aromatic carbocycles. The number of thioether (sulfide) groups is 1. The van der Waals surface area contributed by atoms with Gasteiger partial charge in [0, 0.05) is 19.0 Å². The molecule has 1 aliphatic rings. The Balaban J connectivity index is 1.46. The predicted octanol–water partition coefficient (Wildman–Crippen LogP) is 4.75. The first-order valence-corrected chi connectivity index (χ1v) is 11.6. The topological polar surface area (TPSA) is 59.8 Å². The van der Waals surface area contributed by atoms with Gasteiger partial charge in [-0.3, -0.25) is 4.79 Å². The molecule has 1 heterocycles. The minimum Gasteiger partial charge on any atom is -0.353 e. The maximum Gasteiger partial charge on any atom is 0.230 e. The molecule has 0 atom stereocenters. The summed E-state index contributed by atoms with van der Waals surface area (Å²) >= 11 is 1.45. The molecule has 30 heavy (non-hydrogen) atoms. The molecule has 3 aromatic rings. The van der Waals surface area contributed by atoms with Gasteiger partial charge in [-0.2, -0.15) is 0 Å². The predicted molar refractivity (Wildman–Crippen MR) is 123 cm³/mol. The average Bonchev–Trinajstić information content (AvgIpc) is 3.15. The molecule has 1 fully saturated rings. The molecule has 0 saturated heterocycles. The number of nitrogens with one attached hydrogen (secondary N) is 1. The largest absolute Gasteiger partial charge is 0.353 e. The number of hydrogen-bond donors (Lipinski definition) is 1. The standard InChI is InChI=1S/C24H28N4OS/c1-2-15-28-22(16-19-11-8-10-18-9-6-7-14-21(18)19)26-27-24(28)30-17-23(29)25-20-12-4-3-5-13-20/h2,6-11,14,20H,1,3-5,12-13,15-17H2,(H,25,29). The molecule has 1 N–H and O–H groups in total. The van der Waals surface area contributed by atoms with Crippen LogP contribution in [0.1, 0.15) is 43.5 Å². The second-order valence-corrected chi connectivity index (χ2v) is 8.75. The third kappa shape index (κ3) is 4.93. The van der Waals surface area contributed by atoms with Gasteiger partial charge in [0.15, 0.2) is 5.16 Å². The Hall–Kier alpha value is -2.60. The molecule has 1 saturated carbocycles. The molecule has 0 bridgehead atoms. The van der Waals surface area contributed by atoms with Crippen molar-refractivity contribution in [2.24, 2.45) is 0 Å². The molecule has 5 nitrogen and oxygen atoms in total. The van der Waals surface area contributed by atoms with Crippen LogP contribution in [0.5, 0.6) is 0 Å². The van der Waals surface area contributed by atoms with Crippen molar-refractivity contribution in [2.75, 3.05) is 5.75 Å². The number of amides is 1. The van der Waals surface area contributed by atoms with Gasteiger partial charge in [0.1, 0.15) is 5.82 Å². The summed E-state index contributed by atoms with van der Waals surface area (Å²) in [5, 5.41) is 15.2. The van der Waals surface area contributed by atoms with E-state index in [2.05, 4.69) is 69.1 Å². The summed E-state index contributed by atoms with van der Waals surface area (Å²) in [7, 11) is 0. The molecule has 0 spiro atoms. The Bertz CT molecular complexity index is 1020. The number of carbonyl (C=O) groups excluding carboxylic acids is 1. The smallest absolute Gasteiger partial charge is 0.230 e. The molecule has 1 aromatic heterocycles. The highest BCUT2D eigenvalue weighted by Crippen LogP contribution is 2.24. The lowest BCUT2D eigenvalue weighted by Gasteiger charge is -2.22. The number of rotatable bonds is 8. The molecule has 0 aliphatic heterocycles. The van der Waals surface area contributed by atoms with E-state index in [0.29, 0.717) is 24.8 Å². The maximum absolute atomic E-state index is 12.4. The van der Waals surface area contributed by atoms with Gasteiger partial charge in [-0.05, 0) is 29.2 Å². The minimum absolute atomic E-state index is 0.0793. The van der Waals surface area contributed by atoms with E-state index in [4.69, 9.17) is 0 Å². The molecule has 4 rings (SSSR count). The van der Waals surface area contributed by atoms with Gasteiger partial charge in [-0.25, -0.2) is 0 Å². The van der Waals surface area contributed by atoms with E-state index >= 15 is 0 Å². The normalized spacial score (nSPS) is 14.7. The van der Waals surface area contributed by atoms with E-state index in [1.54, 1.807) is 0 Å². The summed E-state index contributed by atoms with van der Waals surface area (Å²) in [6, 6.07) is 15.1. The van der Waals surface area contributed by atoms with E-state index in [0.717, 1.165) is 23.8 Å². The van der Waals surface area contributed by atoms with Crippen LogP contribution in [0.25, 0.3) is 10.8 Å². The fourth-order valence-corrected chi connectivity index (χ4v) is 4.91. The van der Waals surface area contributed by atoms with Crippen LogP contribution in [-0.2, 0) is 17.8 Å². The fraction of sp³-hybridized carbons (Fsp3) is 0.375. The Morgan fingerprint density at radius 3 is 2.77 bits per heavy atom. The Labute approximate surface area is 182 Å². The van der Waals surface area contributed by atoms with E-state index in [1.165, 1.54) is 47.4 Å². The molecule has 1 aliphatic carbocycles. The first kappa shape index (κ1) is 20.7. The van der Waals surface area contributed by atoms with Crippen LogP contribution in [0.3, 0.4) is 0 Å². The molecule has 6 heteroatoms. The molecular formula is C24H28N4OS. The number of nitrogens with zero attached hydrogens (tertiary/aromatic N) is 3. The Morgan fingerprint density at radius 2 is 1.93 bits per heavy atom. The number of hydrogen-bond acceptors (Lipinski definition) is 4. The van der Waals surface area contributed by atoms with Crippen LogP contribution in [0.4, 0.5) is 0 Å². The van der Waals surface area contributed by atoms with E-state index in [-0.39, 0.29) is 5.91 Å². The Morgan fingerprint density at radius 1 is 1.13 bits per heavy atom. The van der Waals surface area contributed by atoms with Gasteiger partial charge in [0.25, 0.3) is 0 Å². The fourth-order valence-electron chi connectivity index (χ4n) is 4.13. The second kappa shape index (κ2) is 9.94. The molecule has 1 amide bonds. The van der Waals surface area contributed by atoms with Crippen molar-refractivity contribution in [3.8, 4) is 0 Å². The van der Waals surface area contributed by atoms with Crippen molar-refractivity contribution in [3.05, 3.63) is 66.5 Å². The second-order valence-electron chi connectivity index (χ2n) is 7.80. The zero-order valence-corrected chi connectivity index (χ0v) is 18.0. The third-order valence-corrected chi connectivity index (χ3v) is 6.60. The van der Waals surface area contributed by atoms with Gasteiger partial charge in [0.05, 0.1) is 5.75 Å². The molecule has 156 valence electrons. The SMILES string of the molecule is C=CCn1c(Cc2cccc3ccccc23)nnc1SCC(=O)NC1CCCCC1. The number of benzene rings is 2. The summed E-state index contributed by atoms with van der Waals surface area (Å²) in [4.78, 5) is 12.4. The van der Waals surface area contributed by atoms with Crippen LogP contribution in [0, 0.1) is 0 Å². The van der Waals surface area contributed by atoms with Gasteiger partial charge >= 0.3 is 0 Å². The summed E-state index contributed by atoms with van der Waals surface area (Å²) in [6.07, 6.45) is 8.44. The van der Waals surface area contributed by atoms with Crippen molar-refractivity contribution in [1.82, 2.24) is 20.1 Å². The van der Waals surface area contributed by atoms with Gasteiger partial charge in [-0.1, -0.05) is 79.6 Å². The van der Waals surface area contributed by atoms with Crippen LogP contribution in [0.15, 0.2) is 60.3 Å². The highest BCUT2D eigenvalue weighted by Gasteiger charge is 2.18. The van der Waals surface area contributed by atoms with Crippen molar-refractivity contribution in [1.29, 1.82) is 0 Å². The van der Waals surface area contributed by atoms with E-state index < -0.39 is 0 Å². The molecule has 0 radical (unpaired) electrons. The lowest BCUT2D eigenvalue weighted by molar-refractivity contribution is -0.119. The number of carbonyl (C=O) groups is 1. The Kier molecular flexibility index (Phi) is 6.84. The maximum atomic E-state index is 12.4. The van der Waals surface area contributed by atoms with Gasteiger partial charge < -0.3 is 9.88 Å². The van der Waals surface area contributed by atoms with E-state index in [1.807, 2.05) is 6.08 Å². The molecular weight excluding hydrogens is 392 g/mol. The quantitative estimate of drug-likeness (QED) is 0.422. The van der Waals surface area contributed by atoms with Crippen molar-refractivity contribution in [2.45, 2.75) is 56.3 Å². The monoisotopic (exact) mass is 420 g/mol. The van der Waals surface area contributed by atoms with Crippen molar-refractivity contribution in [3.63, 3.8) is 0 Å². The summed E-state index contributed by atoms with van der Waals surface area (Å²) in [5.74, 6) is 1.33. The lowest BCUT2D eigenvalue weighted by atomic mass is 9.95. The summed E-state index contributed by atoms with van der Waals surface area (Å²) in [6.45, 7) is 4.51. The number of aromatic nitrogens is 3. The average molecular weight is 421 g/mol. The molecule has 0 unspecified atom stereocenters. The van der Waals surface area contributed by atoms with Crippen LogP contribution in [0.2, 0.25) is 0 Å². The highest BCUT2D eigenvalue weighted by atomic mass is 32.2. The van der Waals surface area contributed by atoms with Crippen molar-refractivity contribution >= 4 is 28.4 Å².